The van der Waals surface area contributed by atoms with Gasteiger partial charge in [-0.05, 0) is 24.5 Å². The number of nitrogens with zero attached hydrogens (tertiary/aromatic N) is 2. The molecule has 2 saturated heterocycles. The van der Waals surface area contributed by atoms with E-state index in [1.807, 2.05) is 12.3 Å². The zero-order valence-electron chi connectivity index (χ0n) is 9.80. The maximum absolute atomic E-state index is 5.82. The van der Waals surface area contributed by atoms with Gasteiger partial charge in [-0.1, -0.05) is 6.07 Å². The summed E-state index contributed by atoms with van der Waals surface area (Å²) < 4.78 is 5.82. The zero-order valence-corrected chi connectivity index (χ0v) is 9.80. The van der Waals surface area contributed by atoms with E-state index >= 15 is 0 Å². The molecule has 5 heteroatoms. The summed E-state index contributed by atoms with van der Waals surface area (Å²) in [4.78, 5) is 6.68. The predicted octanol–water partition coefficient (Wildman–Crippen LogP) is 0.730. The van der Waals surface area contributed by atoms with Crippen molar-refractivity contribution in [3.63, 3.8) is 0 Å². The summed E-state index contributed by atoms with van der Waals surface area (Å²) in [5, 5.41) is 0. The van der Waals surface area contributed by atoms with Gasteiger partial charge in [-0.15, -0.1) is 0 Å². The number of nitrogens with one attached hydrogen (secondary N) is 1. The van der Waals surface area contributed by atoms with Crippen LogP contribution >= 0.6 is 0 Å². The lowest BCUT2D eigenvalue weighted by Crippen LogP contribution is -2.41. The molecule has 3 N–H and O–H groups in total. The number of hydrogen-bond acceptors (Lipinski definition) is 5. The van der Waals surface area contributed by atoms with Gasteiger partial charge in [0, 0.05) is 25.8 Å². The Morgan fingerprint density at radius 1 is 1.35 bits per heavy atom. The fourth-order valence-electron chi connectivity index (χ4n) is 2.69. The van der Waals surface area contributed by atoms with Crippen molar-refractivity contribution in [2.75, 3.05) is 18.5 Å². The largest absolute Gasteiger partial charge is 0.372 e. The molecule has 0 radical (unpaired) electrons. The lowest BCUT2D eigenvalue weighted by atomic mass is 10.2. The normalized spacial score (nSPS) is 28.3. The Hall–Kier alpha value is -1.17. The summed E-state index contributed by atoms with van der Waals surface area (Å²) in [6, 6.07) is 3.98. The summed E-state index contributed by atoms with van der Waals surface area (Å²) in [7, 11) is 0. The number of nitrogen functional groups attached to an aromatic ring is 1. The number of hydrazine groups is 1. The first-order chi connectivity index (χ1) is 8.33. The Morgan fingerprint density at radius 3 is 2.71 bits per heavy atom. The first-order valence-corrected chi connectivity index (χ1v) is 6.13. The lowest BCUT2D eigenvalue weighted by Gasteiger charge is -2.31. The molecule has 2 unspecified atom stereocenters. The fraction of sp³-hybridized carbons (Fsp3) is 0.583. The van der Waals surface area contributed by atoms with E-state index in [1.165, 1.54) is 18.4 Å². The predicted molar refractivity (Wildman–Crippen MR) is 65.2 cm³/mol. The average Bonchev–Trinajstić information content (AvgIpc) is 2.70. The van der Waals surface area contributed by atoms with Gasteiger partial charge in [0.05, 0.1) is 12.2 Å². The smallest absolute Gasteiger partial charge is 0.139 e. The second-order valence-corrected chi connectivity index (χ2v) is 4.85. The van der Waals surface area contributed by atoms with Crippen LogP contribution < -0.4 is 11.3 Å². The third kappa shape index (κ3) is 2.41. The second kappa shape index (κ2) is 4.60. The molecule has 2 atom stereocenters. The average molecular weight is 234 g/mol. The van der Waals surface area contributed by atoms with Gasteiger partial charge in [0.2, 0.25) is 0 Å². The van der Waals surface area contributed by atoms with Crippen molar-refractivity contribution in [1.29, 1.82) is 0 Å². The maximum Gasteiger partial charge on any atom is 0.139 e. The first-order valence-electron chi connectivity index (χ1n) is 6.13. The molecular weight excluding hydrogens is 216 g/mol. The van der Waals surface area contributed by atoms with Crippen LogP contribution in [-0.4, -0.2) is 35.2 Å². The molecule has 1 aromatic heterocycles. The van der Waals surface area contributed by atoms with Crippen LogP contribution in [0.1, 0.15) is 18.4 Å². The molecular formula is C12H18N4O. The highest BCUT2D eigenvalue weighted by molar-refractivity contribution is 5.33. The molecule has 17 heavy (non-hydrogen) atoms. The number of pyridine rings is 1. The minimum Gasteiger partial charge on any atom is -0.372 e. The van der Waals surface area contributed by atoms with E-state index in [1.54, 1.807) is 0 Å². The Morgan fingerprint density at radius 2 is 2.12 bits per heavy atom. The van der Waals surface area contributed by atoms with Gasteiger partial charge in [-0.3, -0.25) is 4.90 Å². The van der Waals surface area contributed by atoms with E-state index in [2.05, 4.69) is 21.4 Å². The maximum atomic E-state index is 5.82. The van der Waals surface area contributed by atoms with Crippen molar-refractivity contribution in [3.8, 4) is 0 Å². The molecule has 0 saturated carbocycles. The summed E-state index contributed by atoms with van der Waals surface area (Å²) in [5.41, 5.74) is 3.76. The van der Waals surface area contributed by atoms with Gasteiger partial charge in [0.25, 0.3) is 0 Å². The van der Waals surface area contributed by atoms with Crippen LogP contribution in [0, 0.1) is 0 Å². The summed E-state index contributed by atoms with van der Waals surface area (Å²) in [5.74, 6) is 5.99. The van der Waals surface area contributed by atoms with Crippen LogP contribution in [-0.2, 0) is 11.3 Å². The van der Waals surface area contributed by atoms with Crippen LogP contribution in [0.25, 0.3) is 0 Å². The van der Waals surface area contributed by atoms with Gasteiger partial charge in [0.15, 0.2) is 0 Å². The highest BCUT2D eigenvalue weighted by atomic mass is 16.5. The third-order valence-corrected chi connectivity index (χ3v) is 3.50. The molecule has 0 amide bonds. The Bertz CT molecular complexity index is 369. The molecule has 3 rings (SSSR count). The second-order valence-electron chi connectivity index (χ2n) is 4.85. The van der Waals surface area contributed by atoms with Crippen molar-refractivity contribution in [2.45, 2.75) is 31.6 Å². The van der Waals surface area contributed by atoms with Crippen molar-refractivity contribution in [3.05, 3.63) is 23.9 Å². The number of nitrogens with two attached hydrogens (primary N) is 1. The highest BCUT2D eigenvalue weighted by Crippen LogP contribution is 2.27. The number of morpholine rings is 1. The van der Waals surface area contributed by atoms with E-state index < -0.39 is 0 Å². The molecule has 2 aliphatic rings. The van der Waals surface area contributed by atoms with Gasteiger partial charge in [-0.25, -0.2) is 10.8 Å². The molecule has 0 aliphatic carbocycles. The van der Waals surface area contributed by atoms with Crippen molar-refractivity contribution >= 4 is 5.82 Å². The van der Waals surface area contributed by atoms with Crippen LogP contribution in [0.5, 0.6) is 0 Å². The number of likely N-dealkylation sites (tertiary alicyclic amines) is 1. The molecule has 5 nitrogen and oxygen atoms in total. The van der Waals surface area contributed by atoms with Gasteiger partial charge in [-0.2, -0.15) is 0 Å². The Labute approximate surface area is 101 Å². The Kier molecular flexibility index (Phi) is 2.96. The van der Waals surface area contributed by atoms with Crippen LogP contribution in [0.3, 0.4) is 0 Å². The number of fused-ring (bicyclic) bond motifs is 2. The number of rotatable bonds is 3. The number of anilines is 1. The molecule has 0 spiro atoms. The van der Waals surface area contributed by atoms with E-state index in [0.29, 0.717) is 18.0 Å². The highest BCUT2D eigenvalue weighted by Gasteiger charge is 2.33. The third-order valence-electron chi connectivity index (χ3n) is 3.50. The zero-order chi connectivity index (χ0) is 11.7. The molecule has 3 heterocycles. The minimum atomic E-state index is 0.451. The number of ether oxygens (including phenoxy) is 1. The summed E-state index contributed by atoms with van der Waals surface area (Å²) >= 11 is 0. The van der Waals surface area contributed by atoms with E-state index in [0.717, 1.165) is 19.6 Å². The Balaban J connectivity index is 1.62. The van der Waals surface area contributed by atoms with Crippen LogP contribution in [0.4, 0.5) is 5.82 Å². The monoisotopic (exact) mass is 234 g/mol. The fourth-order valence-corrected chi connectivity index (χ4v) is 2.69. The molecule has 2 fully saturated rings. The van der Waals surface area contributed by atoms with E-state index in [4.69, 9.17) is 10.6 Å². The van der Waals surface area contributed by atoms with E-state index in [-0.39, 0.29) is 0 Å². The quantitative estimate of drug-likeness (QED) is 0.596. The van der Waals surface area contributed by atoms with Gasteiger partial charge >= 0.3 is 0 Å². The van der Waals surface area contributed by atoms with Crippen molar-refractivity contribution in [2.24, 2.45) is 5.84 Å². The van der Waals surface area contributed by atoms with Gasteiger partial charge < -0.3 is 10.2 Å². The van der Waals surface area contributed by atoms with Crippen LogP contribution in [0.2, 0.25) is 0 Å². The lowest BCUT2D eigenvalue weighted by molar-refractivity contribution is -0.0410. The standard InChI is InChI=1S/C12H18N4O/c13-15-12-4-1-9(5-14-12)6-16-7-10-2-3-11(8-16)17-10/h1,4-5,10-11H,2-3,6-8,13H2,(H,14,15). The molecule has 2 bridgehead atoms. The number of hydrogen-bond donors (Lipinski definition) is 2. The first kappa shape index (κ1) is 11.0. The van der Waals surface area contributed by atoms with Crippen molar-refractivity contribution in [1.82, 2.24) is 9.88 Å². The SMILES string of the molecule is NNc1ccc(CN2CC3CCC(C2)O3)cn1. The topological polar surface area (TPSA) is 63.4 Å². The molecule has 2 aliphatic heterocycles. The van der Waals surface area contributed by atoms with Crippen molar-refractivity contribution < 1.29 is 4.74 Å². The summed E-state index contributed by atoms with van der Waals surface area (Å²) in [6.45, 7) is 3.05. The number of aromatic nitrogens is 1. The van der Waals surface area contributed by atoms with E-state index in [9.17, 15) is 0 Å². The van der Waals surface area contributed by atoms with Gasteiger partial charge in [0.1, 0.15) is 5.82 Å². The minimum absolute atomic E-state index is 0.451. The molecule has 1 aromatic rings. The molecule has 92 valence electrons. The summed E-state index contributed by atoms with van der Waals surface area (Å²) in [6.07, 6.45) is 5.22. The molecule has 0 aromatic carbocycles. The van der Waals surface area contributed by atoms with Crippen LogP contribution in [0.15, 0.2) is 18.3 Å².